The second kappa shape index (κ2) is 5.75. The Hall–Kier alpha value is -1.69. The predicted molar refractivity (Wildman–Crippen MR) is 81.3 cm³/mol. The molecular weight excluding hydrogens is 274 g/mol. The molecule has 0 unspecified atom stereocenters. The molecular formula is C14H19N3O2S. The summed E-state index contributed by atoms with van der Waals surface area (Å²) >= 11 is 1.50. The molecule has 20 heavy (non-hydrogen) atoms. The number of rotatable bonds is 4. The van der Waals surface area contributed by atoms with E-state index in [9.17, 15) is 9.59 Å². The largest absolute Gasteiger partial charge is 0.342 e. The van der Waals surface area contributed by atoms with Gasteiger partial charge in [-0.2, -0.15) is 0 Å². The van der Waals surface area contributed by atoms with E-state index in [-0.39, 0.29) is 18.0 Å². The van der Waals surface area contributed by atoms with Crippen molar-refractivity contribution >= 4 is 27.5 Å². The molecule has 2 aromatic rings. The van der Waals surface area contributed by atoms with Crippen molar-refractivity contribution < 1.29 is 4.79 Å². The van der Waals surface area contributed by atoms with E-state index in [0.717, 1.165) is 9.71 Å². The Balaban J connectivity index is 2.44. The molecule has 0 saturated carbocycles. The molecule has 2 heterocycles. The van der Waals surface area contributed by atoms with Gasteiger partial charge in [0, 0.05) is 18.0 Å². The minimum atomic E-state index is -0.127. The molecule has 0 aliphatic rings. The zero-order valence-corrected chi connectivity index (χ0v) is 13.1. The number of thiophene rings is 1. The summed E-state index contributed by atoms with van der Waals surface area (Å²) in [6.45, 7) is 8.94. The highest BCUT2D eigenvalue weighted by atomic mass is 32.1. The van der Waals surface area contributed by atoms with Crippen LogP contribution in [0.3, 0.4) is 0 Å². The van der Waals surface area contributed by atoms with E-state index in [4.69, 9.17) is 0 Å². The van der Waals surface area contributed by atoms with Crippen LogP contribution in [0.1, 0.15) is 24.5 Å². The van der Waals surface area contributed by atoms with Crippen LogP contribution < -0.4 is 5.56 Å². The molecule has 0 aliphatic heterocycles. The molecule has 0 aliphatic carbocycles. The topological polar surface area (TPSA) is 55.2 Å². The number of carbonyl (C=O) groups excluding carboxylic acids is 1. The van der Waals surface area contributed by atoms with Gasteiger partial charge in [0.1, 0.15) is 17.2 Å². The van der Waals surface area contributed by atoms with Crippen LogP contribution in [0.5, 0.6) is 0 Å². The summed E-state index contributed by atoms with van der Waals surface area (Å²) < 4.78 is 1.47. The Kier molecular flexibility index (Phi) is 4.23. The monoisotopic (exact) mass is 293 g/mol. The molecule has 5 nitrogen and oxygen atoms in total. The average Bonchev–Trinajstić information content (AvgIpc) is 2.76. The summed E-state index contributed by atoms with van der Waals surface area (Å²) in [7, 11) is 0. The number of amides is 1. The maximum atomic E-state index is 12.5. The molecule has 0 aromatic carbocycles. The minimum absolute atomic E-state index is 0.0479. The predicted octanol–water partition coefficient (Wildman–Crippen LogP) is 1.94. The number of aryl methyl sites for hydroxylation is 2. The molecule has 0 saturated heterocycles. The Bertz CT molecular complexity index is 698. The van der Waals surface area contributed by atoms with Crippen molar-refractivity contribution in [2.75, 3.05) is 13.1 Å². The van der Waals surface area contributed by atoms with Gasteiger partial charge in [0.25, 0.3) is 5.56 Å². The summed E-state index contributed by atoms with van der Waals surface area (Å²) in [6.07, 6.45) is 0. The maximum Gasteiger partial charge on any atom is 0.262 e. The fourth-order valence-corrected chi connectivity index (χ4v) is 3.15. The SMILES string of the molecule is CCN(CC)C(=O)Cn1c(C)nc2sc(C)cc2c1=O. The summed E-state index contributed by atoms with van der Waals surface area (Å²) in [4.78, 5) is 32.6. The third-order valence-electron chi connectivity index (χ3n) is 3.37. The van der Waals surface area contributed by atoms with Crippen LogP contribution in [-0.2, 0) is 11.3 Å². The zero-order chi connectivity index (χ0) is 14.9. The van der Waals surface area contributed by atoms with Crippen LogP contribution in [0, 0.1) is 13.8 Å². The Morgan fingerprint density at radius 2 is 2.00 bits per heavy atom. The number of likely N-dealkylation sites (N-methyl/N-ethyl adjacent to an activating group) is 1. The lowest BCUT2D eigenvalue weighted by molar-refractivity contribution is -0.131. The highest BCUT2D eigenvalue weighted by molar-refractivity contribution is 7.18. The normalized spacial score (nSPS) is 11.0. The molecule has 1 amide bonds. The second-order valence-electron chi connectivity index (χ2n) is 4.69. The van der Waals surface area contributed by atoms with Gasteiger partial charge in [-0.15, -0.1) is 11.3 Å². The molecule has 2 aromatic heterocycles. The Morgan fingerprint density at radius 1 is 1.35 bits per heavy atom. The van der Waals surface area contributed by atoms with Gasteiger partial charge in [-0.25, -0.2) is 4.98 Å². The lowest BCUT2D eigenvalue weighted by Gasteiger charge is -2.19. The highest BCUT2D eigenvalue weighted by Crippen LogP contribution is 2.20. The molecule has 0 radical (unpaired) electrons. The molecule has 0 atom stereocenters. The summed E-state index contributed by atoms with van der Waals surface area (Å²) in [5.74, 6) is 0.540. The standard InChI is InChI=1S/C14H19N3O2S/c1-5-16(6-2)12(18)8-17-10(4)15-13-11(14(17)19)7-9(3)20-13/h7H,5-6,8H2,1-4H3. The van der Waals surface area contributed by atoms with Crippen molar-refractivity contribution in [3.05, 3.63) is 27.1 Å². The van der Waals surface area contributed by atoms with Gasteiger partial charge in [0.05, 0.1) is 5.39 Å². The quantitative estimate of drug-likeness (QED) is 0.865. The smallest absolute Gasteiger partial charge is 0.262 e. The van der Waals surface area contributed by atoms with E-state index in [1.54, 1.807) is 11.8 Å². The molecule has 0 bridgehead atoms. The Labute approximate surface area is 121 Å². The van der Waals surface area contributed by atoms with Crippen LogP contribution in [0.25, 0.3) is 10.2 Å². The number of hydrogen-bond donors (Lipinski definition) is 0. The van der Waals surface area contributed by atoms with Gasteiger partial charge in [0.2, 0.25) is 5.91 Å². The lowest BCUT2D eigenvalue weighted by Crippen LogP contribution is -2.37. The van der Waals surface area contributed by atoms with Crippen molar-refractivity contribution in [2.45, 2.75) is 34.2 Å². The van der Waals surface area contributed by atoms with Gasteiger partial charge < -0.3 is 4.90 Å². The molecule has 0 N–H and O–H groups in total. The number of carbonyl (C=O) groups is 1. The number of fused-ring (bicyclic) bond motifs is 1. The molecule has 2 rings (SSSR count). The fourth-order valence-electron chi connectivity index (χ4n) is 2.24. The first kappa shape index (κ1) is 14.7. The van der Waals surface area contributed by atoms with Gasteiger partial charge in [0.15, 0.2) is 0 Å². The van der Waals surface area contributed by atoms with Crippen molar-refractivity contribution in [1.29, 1.82) is 0 Å². The summed E-state index contributed by atoms with van der Waals surface area (Å²) in [5.41, 5.74) is -0.127. The third kappa shape index (κ3) is 2.60. The van der Waals surface area contributed by atoms with Gasteiger partial charge in [-0.05, 0) is 33.8 Å². The first-order chi connectivity index (χ1) is 9.47. The van der Waals surface area contributed by atoms with Crippen LogP contribution >= 0.6 is 11.3 Å². The zero-order valence-electron chi connectivity index (χ0n) is 12.3. The maximum absolute atomic E-state index is 12.5. The van der Waals surface area contributed by atoms with Crippen molar-refractivity contribution in [3.8, 4) is 0 Å². The van der Waals surface area contributed by atoms with Crippen LogP contribution in [-0.4, -0.2) is 33.4 Å². The number of nitrogens with zero attached hydrogens (tertiary/aromatic N) is 3. The van der Waals surface area contributed by atoms with Gasteiger partial charge in [-0.3, -0.25) is 14.2 Å². The van der Waals surface area contributed by atoms with Crippen molar-refractivity contribution in [3.63, 3.8) is 0 Å². The molecule has 108 valence electrons. The van der Waals surface area contributed by atoms with Gasteiger partial charge in [-0.1, -0.05) is 0 Å². The minimum Gasteiger partial charge on any atom is -0.342 e. The van der Waals surface area contributed by atoms with Gasteiger partial charge >= 0.3 is 0 Å². The molecule has 6 heteroatoms. The average molecular weight is 293 g/mol. The molecule has 0 spiro atoms. The third-order valence-corrected chi connectivity index (χ3v) is 4.32. The van der Waals surface area contributed by atoms with Crippen molar-refractivity contribution in [2.24, 2.45) is 0 Å². The highest BCUT2D eigenvalue weighted by Gasteiger charge is 2.15. The fraction of sp³-hybridized carbons (Fsp3) is 0.500. The first-order valence-corrected chi connectivity index (χ1v) is 7.54. The second-order valence-corrected chi connectivity index (χ2v) is 5.93. The van der Waals surface area contributed by atoms with E-state index < -0.39 is 0 Å². The van der Waals surface area contributed by atoms with E-state index in [1.807, 2.05) is 26.8 Å². The van der Waals surface area contributed by atoms with Crippen LogP contribution in [0.15, 0.2) is 10.9 Å². The van der Waals surface area contributed by atoms with E-state index in [2.05, 4.69) is 4.98 Å². The van der Waals surface area contributed by atoms with E-state index >= 15 is 0 Å². The van der Waals surface area contributed by atoms with Crippen LogP contribution in [0.4, 0.5) is 0 Å². The summed E-state index contributed by atoms with van der Waals surface area (Å²) in [5, 5.41) is 0.602. The Morgan fingerprint density at radius 3 is 2.60 bits per heavy atom. The van der Waals surface area contributed by atoms with E-state index in [1.165, 1.54) is 15.9 Å². The lowest BCUT2D eigenvalue weighted by atomic mass is 10.3. The van der Waals surface area contributed by atoms with Crippen LogP contribution in [0.2, 0.25) is 0 Å². The number of aromatic nitrogens is 2. The molecule has 0 fully saturated rings. The summed E-state index contributed by atoms with van der Waals surface area (Å²) in [6, 6.07) is 1.84. The van der Waals surface area contributed by atoms with Crippen molar-refractivity contribution in [1.82, 2.24) is 14.5 Å². The first-order valence-electron chi connectivity index (χ1n) is 6.73. The van der Waals surface area contributed by atoms with E-state index in [0.29, 0.717) is 24.3 Å². The number of hydrogen-bond acceptors (Lipinski definition) is 4.